The van der Waals surface area contributed by atoms with Gasteiger partial charge in [0, 0.05) is 19.4 Å². The summed E-state index contributed by atoms with van der Waals surface area (Å²) in [5, 5.41) is 3.88. The minimum atomic E-state index is -0.0565. The molecule has 0 bridgehead atoms. The Kier molecular flexibility index (Phi) is 5.90. The predicted octanol–water partition coefficient (Wildman–Crippen LogP) is 3.88. The molecule has 3 aromatic rings. The normalized spacial score (nSPS) is 12.0. The maximum atomic E-state index is 12.7. The molecule has 0 aliphatic carbocycles. The molecular weight excluding hydrogens is 346 g/mol. The second kappa shape index (κ2) is 8.53. The van der Waals surface area contributed by atoms with Crippen molar-refractivity contribution in [2.75, 3.05) is 13.7 Å². The zero-order valence-electron chi connectivity index (χ0n) is 15.7. The number of aromatic nitrogens is 2. The van der Waals surface area contributed by atoms with Crippen LogP contribution in [0.5, 0.6) is 5.75 Å². The summed E-state index contributed by atoms with van der Waals surface area (Å²) in [6.45, 7) is 4.59. The van der Waals surface area contributed by atoms with Crippen LogP contribution in [-0.4, -0.2) is 34.6 Å². The highest BCUT2D eigenvalue weighted by Crippen LogP contribution is 2.25. The first kappa shape index (κ1) is 18.7. The predicted molar refractivity (Wildman–Crippen MR) is 99.1 cm³/mol. The highest BCUT2D eigenvalue weighted by atomic mass is 16.5. The molecule has 1 unspecified atom stereocenters. The maximum Gasteiger partial charge on any atom is 0.238 e. The number of carbonyl (C=O) groups excluding carboxylic acids is 1. The lowest BCUT2D eigenvalue weighted by atomic mass is 10.1. The monoisotopic (exact) mass is 369 g/mol. The summed E-state index contributed by atoms with van der Waals surface area (Å²) < 4.78 is 15.7. The first-order valence-corrected chi connectivity index (χ1v) is 8.92. The lowest BCUT2D eigenvalue weighted by Crippen LogP contribution is -2.33. The Labute approximate surface area is 157 Å². The smallest absolute Gasteiger partial charge is 0.238 e. The molecule has 1 aromatic carbocycles. The quantitative estimate of drug-likeness (QED) is 0.599. The third-order valence-electron chi connectivity index (χ3n) is 4.47. The fourth-order valence-corrected chi connectivity index (χ4v) is 2.97. The number of hydrogen-bond donors (Lipinski definition) is 0. The number of ether oxygens (including phenoxy) is 1. The standard InChI is InChI=1S/C20H23N3O4/c1-4-23(14(2)15-7-5-8-16(13-15)25-3)19(24)11-10-18-21-20(22-27-18)17-9-6-12-26-17/h5-9,12-14H,4,10-11H2,1-3H3. The van der Waals surface area contributed by atoms with Gasteiger partial charge in [0.1, 0.15) is 5.75 Å². The van der Waals surface area contributed by atoms with Gasteiger partial charge in [-0.1, -0.05) is 17.3 Å². The van der Waals surface area contributed by atoms with Gasteiger partial charge < -0.3 is 18.6 Å². The van der Waals surface area contributed by atoms with Crippen molar-refractivity contribution in [3.63, 3.8) is 0 Å². The maximum absolute atomic E-state index is 12.7. The van der Waals surface area contributed by atoms with E-state index in [1.54, 1.807) is 25.5 Å². The average Bonchev–Trinajstić information content (AvgIpc) is 3.38. The molecule has 142 valence electrons. The fourth-order valence-electron chi connectivity index (χ4n) is 2.97. The number of carbonyl (C=O) groups is 1. The molecule has 2 aromatic heterocycles. The first-order valence-electron chi connectivity index (χ1n) is 8.92. The minimum Gasteiger partial charge on any atom is -0.497 e. The van der Waals surface area contributed by atoms with Crippen LogP contribution in [0.1, 0.15) is 37.8 Å². The molecule has 0 radical (unpaired) electrons. The molecule has 7 heteroatoms. The molecule has 0 saturated carbocycles. The lowest BCUT2D eigenvalue weighted by Gasteiger charge is -2.28. The van der Waals surface area contributed by atoms with E-state index >= 15 is 0 Å². The van der Waals surface area contributed by atoms with E-state index in [9.17, 15) is 4.79 Å². The van der Waals surface area contributed by atoms with Crippen molar-refractivity contribution < 1.29 is 18.5 Å². The molecule has 1 amide bonds. The number of benzene rings is 1. The molecule has 7 nitrogen and oxygen atoms in total. The van der Waals surface area contributed by atoms with Crippen molar-refractivity contribution in [2.45, 2.75) is 32.7 Å². The molecule has 3 rings (SSSR count). The molecule has 0 aliphatic heterocycles. The summed E-state index contributed by atoms with van der Waals surface area (Å²) in [5.74, 6) is 2.15. The summed E-state index contributed by atoms with van der Waals surface area (Å²) in [5.41, 5.74) is 1.03. The van der Waals surface area contributed by atoms with Gasteiger partial charge in [-0.05, 0) is 43.7 Å². The van der Waals surface area contributed by atoms with Gasteiger partial charge in [0.15, 0.2) is 5.76 Å². The first-order chi connectivity index (χ1) is 13.1. The summed E-state index contributed by atoms with van der Waals surface area (Å²) in [7, 11) is 1.63. The van der Waals surface area contributed by atoms with Crippen molar-refractivity contribution in [3.8, 4) is 17.3 Å². The van der Waals surface area contributed by atoms with Gasteiger partial charge >= 0.3 is 0 Å². The SMILES string of the molecule is CCN(C(=O)CCc1nc(-c2ccco2)no1)C(C)c1cccc(OC)c1. The van der Waals surface area contributed by atoms with Crippen molar-refractivity contribution in [1.82, 2.24) is 15.0 Å². The molecule has 1 atom stereocenters. The molecule has 0 N–H and O–H groups in total. The van der Waals surface area contributed by atoms with Gasteiger partial charge in [0.05, 0.1) is 19.4 Å². The van der Waals surface area contributed by atoms with E-state index in [1.165, 1.54) is 0 Å². The van der Waals surface area contributed by atoms with Gasteiger partial charge in [0.2, 0.25) is 17.6 Å². The van der Waals surface area contributed by atoms with E-state index in [-0.39, 0.29) is 11.9 Å². The van der Waals surface area contributed by atoms with E-state index in [0.717, 1.165) is 11.3 Å². The van der Waals surface area contributed by atoms with Crippen molar-refractivity contribution in [3.05, 3.63) is 54.1 Å². The van der Waals surface area contributed by atoms with Crippen molar-refractivity contribution in [1.29, 1.82) is 0 Å². The number of hydrogen-bond acceptors (Lipinski definition) is 6. The van der Waals surface area contributed by atoms with Crippen LogP contribution in [0.25, 0.3) is 11.6 Å². The van der Waals surface area contributed by atoms with Crippen LogP contribution in [0.4, 0.5) is 0 Å². The largest absolute Gasteiger partial charge is 0.497 e. The molecule has 0 aliphatic rings. The number of aryl methyl sites for hydroxylation is 1. The minimum absolute atomic E-state index is 0.0329. The second-order valence-corrected chi connectivity index (χ2v) is 6.12. The summed E-state index contributed by atoms with van der Waals surface area (Å²) in [4.78, 5) is 18.8. The van der Waals surface area contributed by atoms with Gasteiger partial charge in [0.25, 0.3) is 0 Å². The van der Waals surface area contributed by atoms with E-state index < -0.39 is 0 Å². The van der Waals surface area contributed by atoms with Gasteiger partial charge in [-0.3, -0.25) is 4.79 Å². The molecule has 0 fully saturated rings. The van der Waals surface area contributed by atoms with Gasteiger partial charge in [-0.25, -0.2) is 0 Å². The van der Waals surface area contributed by atoms with E-state index in [4.69, 9.17) is 13.7 Å². The number of nitrogens with zero attached hydrogens (tertiary/aromatic N) is 3. The van der Waals surface area contributed by atoms with Crippen LogP contribution in [-0.2, 0) is 11.2 Å². The van der Waals surface area contributed by atoms with Crippen LogP contribution in [0.3, 0.4) is 0 Å². The summed E-state index contributed by atoms with van der Waals surface area (Å²) in [6.07, 6.45) is 2.23. The van der Waals surface area contributed by atoms with Gasteiger partial charge in [-0.15, -0.1) is 0 Å². The Morgan fingerprint density at radius 2 is 2.15 bits per heavy atom. The number of methoxy groups -OCH3 is 1. The van der Waals surface area contributed by atoms with E-state index in [0.29, 0.717) is 36.9 Å². The fraction of sp³-hybridized carbons (Fsp3) is 0.350. The second-order valence-electron chi connectivity index (χ2n) is 6.12. The number of amides is 1. The Balaban J connectivity index is 1.63. The molecular formula is C20H23N3O4. The molecule has 0 saturated heterocycles. The Morgan fingerprint density at radius 3 is 2.85 bits per heavy atom. The Hall–Kier alpha value is -3.09. The van der Waals surface area contributed by atoms with Crippen LogP contribution in [0.2, 0.25) is 0 Å². The van der Waals surface area contributed by atoms with Crippen molar-refractivity contribution >= 4 is 5.91 Å². The zero-order valence-corrected chi connectivity index (χ0v) is 15.7. The Morgan fingerprint density at radius 1 is 1.30 bits per heavy atom. The third kappa shape index (κ3) is 4.36. The molecule has 27 heavy (non-hydrogen) atoms. The number of furan rings is 1. The third-order valence-corrected chi connectivity index (χ3v) is 4.47. The van der Waals surface area contributed by atoms with Crippen LogP contribution >= 0.6 is 0 Å². The van der Waals surface area contributed by atoms with Crippen LogP contribution in [0.15, 0.2) is 51.6 Å². The topological polar surface area (TPSA) is 81.6 Å². The molecule has 2 heterocycles. The number of rotatable bonds is 8. The van der Waals surface area contributed by atoms with E-state index in [2.05, 4.69) is 10.1 Å². The summed E-state index contributed by atoms with van der Waals surface area (Å²) in [6, 6.07) is 11.2. The zero-order chi connectivity index (χ0) is 19.2. The van der Waals surface area contributed by atoms with Crippen LogP contribution < -0.4 is 4.74 Å². The average molecular weight is 369 g/mol. The Bertz CT molecular complexity index is 873. The van der Waals surface area contributed by atoms with Crippen LogP contribution in [0, 0.1) is 0 Å². The highest BCUT2D eigenvalue weighted by Gasteiger charge is 2.21. The van der Waals surface area contributed by atoms with E-state index in [1.807, 2.05) is 43.0 Å². The lowest BCUT2D eigenvalue weighted by molar-refractivity contribution is -0.133. The highest BCUT2D eigenvalue weighted by molar-refractivity contribution is 5.76. The van der Waals surface area contributed by atoms with Gasteiger partial charge in [-0.2, -0.15) is 4.98 Å². The van der Waals surface area contributed by atoms with Crippen molar-refractivity contribution in [2.24, 2.45) is 0 Å². The summed E-state index contributed by atoms with van der Waals surface area (Å²) >= 11 is 0. The molecule has 0 spiro atoms.